The minimum Gasteiger partial charge on any atom is -0.303 e. The minimum atomic E-state index is 0.725. The zero-order chi connectivity index (χ0) is 15.4. The smallest absolute Gasteiger partial charge is 0.00387 e. The van der Waals surface area contributed by atoms with Gasteiger partial charge in [0.1, 0.15) is 0 Å². The van der Waals surface area contributed by atoms with Crippen LogP contribution < -0.4 is 0 Å². The summed E-state index contributed by atoms with van der Waals surface area (Å²) in [6.07, 6.45) is 5.71. The Hall–Kier alpha value is -0.0800. The third kappa shape index (κ3) is 4.96. The molecular weight excluding hydrogens is 256 g/mol. The van der Waals surface area contributed by atoms with Crippen molar-refractivity contribution >= 4 is 0 Å². The van der Waals surface area contributed by atoms with Crippen LogP contribution in [0.3, 0.4) is 0 Å². The Balaban J connectivity index is 1.67. The summed E-state index contributed by atoms with van der Waals surface area (Å²) < 4.78 is 0. The van der Waals surface area contributed by atoms with Crippen LogP contribution >= 0.6 is 0 Å². The van der Waals surface area contributed by atoms with Gasteiger partial charge in [0.15, 0.2) is 0 Å². The second-order valence-electron chi connectivity index (χ2n) is 8.33. The van der Waals surface area contributed by atoms with Crippen LogP contribution in [0.1, 0.15) is 60.3 Å². The van der Waals surface area contributed by atoms with Gasteiger partial charge in [-0.05, 0) is 89.4 Å². The molecule has 0 unspecified atom stereocenters. The summed E-state index contributed by atoms with van der Waals surface area (Å²) in [7, 11) is 0. The van der Waals surface area contributed by atoms with Gasteiger partial charge >= 0.3 is 0 Å². The van der Waals surface area contributed by atoms with E-state index < -0.39 is 0 Å². The Morgan fingerprint density at radius 1 is 0.952 bits per heavy atom. The van der Waals surface area contributed by atoms with Gasteiger partial charge in [-0.3, -0.25) is 0 Å². The molecule has 21 heavy (non-hydrogen) atoms. The molecule has 2 heterocycles. The monoisotopic (exact) mass is 294 g/mol. The van der Waals surface area contributed by atoms with Crippen LogP contribution in [0.2, 0.25) is 0 Å². The van der Waals surface area contributed by atoms with E-state index in [0.29, 0.717) is 0 Å². The Morgan fingerprint density at radius 2 is 1.62 bits per heavy atom. The Morgan fingerprint density at radius 3 is 2.14 bits per heavy atom. The molecule has 2 nitrogen and oxygen atoms in total. The first-order chi connectivity index (χ1) is 9.97. The van der Waals surface area contributed by atoms with Crippen LogP contribution in [-0.2, 0) is 0 Å². The van der Waals surface area contributed by atoms with E-state index in [1.54, 1.807) is 0 Å². The summed E-state index contributed by atoms with van der Waals surface area (Å²) in [5.74, 6) is 3.71. The largest absolute Gasteiger partial charge is 0.303 e. The predicted molar refractivity (Wildman–Crippen MR) is 92.6 cm³/mol. The van der Waals surface area contributed by atoms with E-state index in [-0.39, 0.29) is 0 Å². The third-order valence-electron chi connectivity index (χ3n) is 6.24. The molecule has 2 aliphatic heterocycles. The van der Waals surface area contributed by atoms with Gasteiger partial charge in [-0.25, -0.2) is 0 Å². The zero-order valence-corrected chi connectivity index (χ0v) is 15.1. The Labute approximate surface area is 133 Å². The molecular formula is C19H38N2. The van der Waals surface area contributed by atoms with Crippen molar-refractivity contribution in [2.45, 2.75) is 66.3 Å². The lowest BCUT2D eigenvalue weighted by molar-refractivity contribution is 0.0838. The lowest BCUT2D eigenvalue weighted by Crippen LogP contribution is -2.44. The maximum Gasteiger partial charge on any atom is 0.00387 e. The van der Waals surface area contributed by atoms with Crippen molar-refractivity contribution in [1.82, 2.24) is 9.80 Å². The van der Waals surface area contributed by atoms with Gasteiger partial charge in [-0.15, -0.1) is 0 Å². The van der Waals surface area contributed by atoms with Gasteiger partial charge in [0.2, 0.25) is 0 Å². The molecule has 0 spiro atoms. The van der Waals surface area contributed by atoms with E-state index in [1.807, 2.05) is 0 Å². The van der Waals surface area contributed by atoms with Crippen LogP contribution in [0.25, 0.3) is 0 Å². The van der Waals surface area contributed by atoms with Gasteiger partial charge < -0.3 is 9.80 Å². The fourth-order valence-electron chi connectivity index (χ4n) is 4.32. The molecule has 0 saturated carbocycles. The lowest BCUT2D eigenvalue weighted by Gasteiger charge is -2.40. The highest BCUT2D eigenvalue weighted by atomic mass is 15.2. The number of likely N-dealkylation sites (tertiary alicyclic amines) is 2. The van der Waals surface area contributed by atoms with Crippen LogP contribution in [0.4, 0.5) is 0 Å². The van der Waals surface area contributed by atoms with Gasteiger partial charge in [-0.2, -0.15) is 0 Å². The molecule has 2 rings (SSSR count). The van der Waals surface area contributed by atoms with Crippen LogP contribution in [0, 0.1) is 23.7 Å². The molecule has 0 bridgehead atoms. The Bertz CT molecular complexity index is 292. The van der Waals surface area contributed by atoms with Crippen molar-refractivity contribution in [3.05, 3.63) is 0 Å². The molecule has 2 saturated heterocycles. The predicted octanol–water partition coefficient (Wildman–Crippen LogP) is 4.11. The van der Waals surface area contributed by atoms with Crippen molar-refractivity contribution in [2.24, 2.45) is 23.7 Å². The molecule has 0 aromatic carbocycles. The molecule has 0 aromatic heterocycles. The molecule has 124 valence electrons. The number of hydrogen-bond donors (Lipinski definition) is 0. The van der Waals surface area contributed by atoms with E-state index >= 15 is 0 Å². The highest BCUT2D eigenvalue weighted by Crippen LogP contribution is 2.29. The van der Waals surface area contributed by atoms with Gasteiger partial charge in [0.25, 0.3) is 0 Å². The van der Waals surface area contributed by atoms with Crippen molar-refractivity contribution in [3.63, 3.8) is 0 Å². The van der Waals surface area contributed by atoms with Crippen LogP contribution in [0.5, 0.6) is 0 Å². The zero-order valence-electron chi connectivity index (χ0n) is 15.1. The van der Waals surface area contributed by atoms with Crippen LogP contribution in [-0.4, -0.2) is 48.6 Å². The number of nitrogens with zero attached hydrogens (tertiary/aromatic N) is 2. The molecule has 2 aliphatic rings. The molecule has 0 aliphatic carbocycles. The molecule has 0 aromatic rings. The Kier molecular flexibility index (Phi) is 6.55. The van der Waals surface area contributed by atoms with Crippen molar-refractivity contribution in [3.8, 4) is 0 Å². The molecule has 2 atom stereocenters. The molecule has 0 N–H and O–H groups in total. The standard InChI is InChI=1S/C19H38N2/c1-15(2)18-6-10-20(11-7-18)12-8-19-9-13-21(16(3)4)14-17(19)5/h15-19H,6-14H2,1-5H3/t17-,19-/m1/s1. The van der Waals surface area contributed by atoms with Gasteiger partial charge in [0.05, 0.1) is 0 Å². The molecule has 0 radical (unpaired) electrons. The summed E-state index contributed by atoms with van der Waals surface area (Å²) in [6.45, 7) is 18.6. The number of hydrogen-bond acceptors (Lipinski definition) is 2. The maximum atomic E-state index is 2.74. The highest BCUT2D eigenvalue weighted by molar-refractivity contribution is 4.81. The van der Waals surface area contributed by atoms with Crippen molar-refractivity contribution < 1.29 is 0 Å². The maximum absolute atomic E-state index is 2.74. The summed E-state index contributed by atoms with van der Waals surface area (Å²) in [4.78, 5) is 5.40. The fourth-order valence-corrected chi connectivity index (χ4v) is 4.32. The van der Waals surface area contributed by atoms with E-state index in [2.05, 4.69) is 44.4 Å². The summed E-state index contributed by atoms with van der Waals surface area (Å²) in [6, 6.07) is 0.725. The fraction of sp³-hybridized carbons (Fsp3) is 1.00. The highest BCUT2D eigenvalue weighted by Gasteiger charge is 2.28. The van der Waals surface area contributed by atoms with Gasteiger partial charge in [0, 0.05) is 12.6 Å². The van der Waals surface area contributed by atoms with Crippen molar-refractivity contribution in [1.29, 1.82) is 0 Å². The lowest BCUT2D eigenvalue weighted by atomic mass is 9.83. The first-order valence-electron chi connectivity index (χ1n) is 9.43. The molecule has 2 heteroatoms. The summed E-state index contributed by atoms with van der Waals surface area (Å²) >= 11 is 0. The molecule has 0 amide bonds. The normalized spacial score (nSPS) is 30.4. The summed E-state index contributed by atoms with van der Waals surface area (Å²) in [5.41, 5.74) is 0. The second-order valence-corrected chi connectivity index (χ2v) is 8.33. The SMILES string of the molecule is CC(C)C1CCN(CC[C@@H]2CCN(C(C)C)C[C@H]2C)CC1. The number of piperidine rings is 2. The average Bonchev–Trinajstić information content (AvgIpc) is 2.46. The quantitative estimate of drug-likeness (QED) is 0.753. The molecule has 2 fully saturated rings. The van der Waals surface area contributed by atoms with E-state index in [9.17, 15) is 0 Å². The average molecular weight is 295 g/mol. The van der Waals surface area contributed by atoms with Crippen LogP contribution in [0.15, 0.2) is 0 Å². The number of rotatable bonds is 5. The first-order valence-corrected chi connectivity index (χ1v) is 9.43. The summed E-state index contributed by atoms with van der Waals surface area (Å²) in [5, 5.41) is 0. The third-order valence-corrected chi connectivity index (χ3v) is 6.24. The minimum absolute atomic E-state index is 0.725. The van der Waals surface area contributed by atoms with Crippen molar-refractivity contribution in [2.75, 3.05) is 32.7 Å². The second kappa shape index (κ2) is 7.97. The topological polar surface area (TPSA) is 6.48 Å². The van der Waals surface area contributed by atoms with E-state index in [0.717, 1.165) is 29.7 Å². The van der Waals surface area contributed by atoms with E-state index in [1.165, 1.54) is 58.4 Å². The van der Waals surface area contributed by atoms with E-state index in [4.69, 9.17) is 0 Å². The first kappa shape index (κ1) is 17.3. The van der Waals surface area contributed by atoms with Gasteiger partial charge in [-0.1, -0.05) is 20.8 Å².